The molecule has 1 amide bonds. The number of aliphatic hydroxyl groups excluding tert-OH is 1. The maximum absolute atomic E-state index is 13.3. The SMILES string of the molecule is CN(C(=O)CN(c1cccc(C(F)(F)F)c1)S(=O)(=O)c1ccccc1)C1CCCCC1O. The van der Waals surface area contributed by atoms with Crippen LogP contribution in [0.15, 0.2) is 59.5 Å². The Hall–Kier alpha value is -2.59. The van der Waals surface area contributed by atoms with Crippen molar-refractivity contribution in [3.05, 3.63) is 60.2 Å². The Morgan fingerprint density at radius 3 is 2.34 bits per heavy atom. The van der Waals surface area contributed by atoms with Crippen LogP contribution >= 0.6 is 0 Å². The summed E-state index contributed by atoms with van der Waals surface area (Å²) < 4.78 is 67.1. The molecule has 1 aliphatic carbocycles. The van der Waals surface area contributed by atoms with Crippen LogP contribution in [-0.2, 0) is 21.0 Å². The first-order valence-corrected chi connectivity index (χ1v) is 11.6. The van der Waals surface area contributed by atoms with Gasteiger partial charge in [-0.05, 0) is 43.2 Å². The number of amides is 1. The van der Waals surface area contributed by atoms with Crippen molar-refractivity contribution < 1.29 is 31.5 Å². The number of hydrogen-bond donors (Lipinski definition) is 1. The lowest BCUT2D eigenvalue weighted by Gasteiger charge is -2.36. The van der Waals surface area contributed by atoms with Gasteiger partial charge in [-0.3, -0.25) is 9.10 Å². The highest BCUT2D eigenvalue weighted by atomic mass is 32.2. The zero-order valence-electron chi connectivity index (χ0n) is 17.5. The summed E-state index contributed by atoms with van der Waals surface area (Å²) in [5, 5.41) is 10.3. The zero-order chi connectivity index (χ0) is 23.5. The minimum Gasteiger partial charge on any atom is -0.391 e. The number of hydrogen-bond acceptors (Lipinski definition) is 4. The molecule has 1 N–H and O–H groups in total. The fraction of sp³-hybridized carbons (Fsp3) is 0.409. The van der Waals surface area contributed by atoms with Crippen LogP contribution < -0.4 is 4.31 Å². The molecule has 0 saturated heterocycles. The monoisotopic (exact) mass is 470 g/mol. The number of aliphatic hydroxyl groups is 1. The molecule has 0 aromatic heterocycles. The Morgan fingerprint density at radius 2 is 1.72 bits per heavy atom. The Morgan fingerprint density at radius 1 is 1.06 bits per heavy atom. The van der Waals surface area contributed by atoms with Gasteiger partial charge in [0.15, 0.2) is 0 Å². The van der Waals surface area contributed by atoms with E-state index in [1.165, 1.54) is 42.3 Å². The summed E-state index contributed by atoms with van der Waals surface area (Å²) in [4.78, 5) is 14.2. The largest absolute Gasteiger partial charge is 0.416 e. The van der Waals surface area contributed by atoms with Gasteiger partial charge in [-0.25, -0.2) is 8.42 Å². The Bertz CT molecular complexity index is 1040. The first-order valence-electron chi connectivity index (χ1n) is 10.2. The van der Waals surface area contributed by atoms with Gasteiger partial charge in [0, 0.05) is 7.05 Å². The molecule has 2 atom stereocenters. The van der Waals surface area contributed by atoms with Crippen molar-refractivity contribution in [1.82, 2.24) is 4.90 Å². The average Bonchev–Trinajstić information content (AvgIpc) is 2.77. The molecule has 1 saturated carbocycles. The molecule has 10 heteroatoms. The molecule has 174 valence electrons. The van der Waals surface area contributed by atoms with E-state index in [4.69, 9.17) is 0 Å². The van der Waals surface area contributed by atoms with E-state index in [0.717, 1.165) is 25.0 Å². The number of sulfonamides is 1. The molecular formula is C22H25F3N2O4S. The predicted molar refractivity (Wildman–Crippen MR) is 113 cm³/mol. The summed E-state index contributed by atoms with van der Waals surface area (Å²) in [6.45, 7) is -0.696. The van der Waals surface area contributed by atoms with Gasteiger partial charge in [0.1, 0.15) is 6.54 Å². The number of halogens is 3. The van der Waals surface area contributed by atoms with E-state index in [-0.39, 0.29) is 10.6 Å². The van der Waals surface area contributed by atoms with Gasteiger partial charge >= 0.3 is 6.18 Å². The van der Waals surface area contributed by atoms with Crippen molar-refractivity contribution in [3.8, 4) is 0 Å². The van der Waals surface area contributed by atoms with Gasteiger partial charge in [0.2, 0.25) is 5.91 Å². The molecule has 0 radical (unpaired) electrons. The second kappa shape index (κ2) is 9.50. The second-order valence-electron chi connectivity index (χ2n) is 7.80. The van der Waals surface area contributed by atoms with Crippen LogP contribution in [0.25, 0.3) is 0 Å². The molecule has 2 unspecified atom stereocenters. The van der Waals surface area contributed by atoms with Crippen LogP contribution in [0.1, 0.15) is 31.2 Å². The van der Waals surface area contributed by atoms with Crippen LogP contribution in [0.4, 0.5) is 18.9 Å². The molecule has 2 aromatic rings. The van der Waals surface area contributed by atoms with Gasteiger partial charge in [-0.2, -0.15) is 13.2 Å². The van der Waals surface area contributed by atoms with Gasteiger partial charge in [-0.1, -0.05) is 37.1 Å². The number of likely N-dealkylation sites (N-methyl/N-ethyl adjacent to an activating group) is 1. The van der Waals surface area contributed by atoms with E-state index < -0.39 is 46.4 Å². The van der Waals surface area contributed by atoms with Gasteiger partial charge in [-0.15, -0.1) is 0 Å². The fourth-order valence-corrected chi connectivity index (χ4v) is 5.26. The number of anilines is 1. The fourth-order valence-electron chi connectivity index (χ4n) is 3.83. The maximum atomic E-state index is 13.3. The molecular weight excluding hydrogens is 445 g/mol. The van der Waals surface area contributed by atoms with E-state index in [0.29, 0.717) is 23.2 Å². The molecule has 0 aliphatic heterocycles. The minimum atomic E-state index is -4.68. The van der Waals surface area contributed by atoms with Gasteiger partial charge in [0.05, 0.1) is 28.3 Å². The van der Waals surface area contributed by atoms with E-state index >= 15 is 0 Å². The summed E-state index contributed by atoms with van der Waals surface area (Å²) >= 11 is 0. The zero-order valence-corrected chi connectivity index (χ0v) is 18.3. The maximum Gasteiger partial charge on any atom is 0.416 e. The molecule has 0 bridgehead atoms. The van der Waals surface area contributed by atoms with Crippen LogP contribution in [-0.4, -0.2) is 50.1 Å². The highest BCUT2D eigenvalue weighted by Gasteiger charge is 2.35. The summed E-state index contributed by atoms with van der Waals surface area (Å²) in [7, 11) is -2.86. The number of carbonyl (C=O) groups is 1. The number of rotatable bonds is 6. The van der Waals surface area contributed by atoms with Crippen molar-refractivity contribution in [2.75, 3.05) is 17.9 Å². The average molecular weight is 471 g/mol. The normalized spacial score (nSPS) is 19.4. The number of carbonyl (C=O) groups excluding carboxylic acids is 1. The number of benzene rings is 2. The molecule has 2 aromatic carbocycles. The lowest BCUT2D eigenvalue weighted by Crippen LogP contribution is -2.50. The van der Waals surface area contributed by atoms with E-state index in [1.54, 1.807) is 6.07 Å². The summed E-state index contributed by atoms with van der Waals surface area (Å²) in [5.74, 6) is -0.618. The Kier molecular flexibility index (Phi) is 7.14. The van der Waals surface area contributed by atoms with Crippen molar-refractivity contribution in [2.45, 2.75) is 48.9 Å². The number of nitrogens with zero attached hydrogens (tertiary/aromatic N) is 2. The third kappa shape index (κ3) is 5.24. The Labute approximate surface area is 185 Å². The minimum absolute atomic E-state index is 0.148. The smallest absolute Gasteiger partial charge is 0.391 e. The van der Waals surface area contributed by atoms with Crippen molar-refractivity contribution in [3.63, 3.8) is 0 Å². The first kappa shape index (κ1) is 24.1. The van der Waals surface area contributed by atoms with Crippen molar-refractivity contribution >= 4 is 21.6 Å². The van der Waals surface area contributed by atoms with E-state index in [1.807, 2.05) is 0 Å². The van der Waals surface area contributed by atoms with Crippen LogP contribution in [0, 0.1) is 0 Å². The molecule has 0 heterocycles. The van der Waals surface area contributed by atoms with Crippen LogP contribution in [0.5, 0.6) is 0 Å². The third-order valence-electron chi connectivity index (χ3n) is 5.66. The summed E-state index contributed by atoms with van der Waals surface area (Å²) in [5.41, 5.74) is -1.29. The van der Waals surface area contributed by atoms with E-state index in [2.05, 4.69) is 0 Å². The highest BCUT2D eigenvalue weighted by molar-refractivity contribution is 7.92. The standard InChI is InChI=1S/C22H25F3N2O4S/c1-26(19-12-5-6-13-20(19)28)21(29)15-27(32(30,31)18-10-3-2-4-11-18)17-9-7-8-16(14-17)22(23,24)25/h2-4,7-11,14,19-20,28H,5-6,12-13,15H2,1H3. The molecule has 32 heavy (non-hydrogen) atoms. The highest BCUT2D eigenvalue weighted by Crippen LogP contribution is 2.33. The van der Waals surface area contributed by atoms with E-state index in [9.17, 15) is 31.5 Å². The Balaban J connectivity index is 1.99. The predicted octanol–water partition coefficient (Wildman–Crippen LogP) is 3.66. The van der Waals surface area contributed by atoms with Crippen LogP contribution in [0.3, 0.4) is 0 Å². The molecule has 0 spiro atoms. The van der Waals surface area contributed by atoms with Gasteiger partial charge < -0.3 is 10.0 Å². The van der Waals surface area contributed by atoms with Crippen molar-refractivity contribution in [2.24, 2.45) is 0 Å². The lowest BCUT2D eigenvalue weighted by atomic mass is 9.91. The first-order chi connectivity index (χ1) is 15.0. The molecule has 1 fully saturated rings. The summed E-state index contributed by atoms with van der Waals surface area (Å²) in [6.07, 6.45) is -2.66. The number of alkyl halides is 3. The lowest BCUT2D eigenvalue weighted by molar-refractivity contribution is -0.137. The molecule has 6 nitrogen and oxygen atoms in total. The molecule has 3 rings (SSSR count). The van der Waals surface area contributed by atoms with Gasteiger partial charge in [0.25, 0.3) is 10.0 Å². The topological polar surface area (TPSA) is 77.9 Å². The third-order valence-corrected chi connectivity index (χ3v) is 7.44. The van der Waals surface area contributed by atoms with Crippen molar-refractivity contribution in [1.29, 1.82) is 0 Å². The second-order valence-corrected chi connectivity index (χ2v) is 9.66. The summed E-state index contributed by atoms with van der Waals surface area (Å²) in [6, 6.07) is 10.6. The van der Waals surface area contributed by atoms with Crippen LogP contribution in [0.2, 0.25) is 0 Å². The molecule has 1 aliphatic rings. The quantitative estimate of drug-likeness (QED) is 0.699.